The zero-order valence-corrected chi connectivity index (χ0v) is 6.68. The normalized spacial score (nSPS) is 9.80. The Bertz CT molecular complexity index is 282. The molecule has 5 heteroatoms. The van der Waals surface area contributed by atoms with Crippen LogP contribution in [0.4, 0.5) is 0 Å². The van der Waals surface area contributed by atoms with E-state index in [1.165, 1.54) is 6.20 Å². The lowest BCUT2D eigenvalue weighted by Crippen LogP contribution is -2.13. The molecular formula is C5H6BrN3O. The smallest absolute Gasteiger partial charge is 0.265 e. The Morgan fingerprint density at radius 3 is 3.00 bits per heavy atom. The lowest BCUT2D eigenvalue weighted by molar-refractivity contribution is 0.887. The summed E-state index contributed by atoms with van der Waals surface area (Å²) in [4.78, 5) is 17.1. The molecule has 54 valence electrons. The van der Waals surface area contributed by atoms with Gasteiger partial charge in [0.25, 0.3) is 5.56 Å². The van der Waals surface area contributed by atoms with E-state index >= 15 is 0 Å². The summed E-state index contributed by atoms with van der Waals surface area (Å²) < 4.78 is 0.421. The first kappa shape index (κ1) is 7.43. The Balaban J connectivity index is 3.17. The van der Waals surface area contributed by atoms with Gasteiger partial charge in [-0.2, -0.15) is 0 Å². The van der Waals surface area contributed by atoms with Crippen LogP contribution in [0.1, 0.15) is 5.82 Å². The van der Waals surface area contributed by atoms with Gasteiger partial charge in [0.2, 0.25) is 0 Å². The highest BCUT2D eigenvalue weighted by atomic mass is 79.9. The largest absolute Gasteiger partial charge is 0.324 e. The molecule has 0 aliphatic rings. The highest BCUT2D eigenvalue weighted by molar-refractivity contribution is 9.10. The van der Waals surface area contributed by atoms with Crippen LogP contribution in [0.15, 0.2) is 15.5 Å². The minimum atomic E-state index is -0.199. The average Bonchev–Trinajstić information content (AvgIpc) is 1.95. The van der Waals surface area contributed by atoms with E-state index in [-0.39, 0.29) is 12.1 Å². The summed E-state index contributed by atoms with van der Waals surface area (Å²) in [6.45, 7) is 0.252. The third-order valence-corrected chi connectivity index (χ3v) is 1.57. The molecule has 1 heterocycles. The number of hydrogen-bond acceptors (Lipinski definition) is 3. The van der Waals surface area contributed by atoms with Crippen LogP contribution in [0.5, 0.6) is 0 Å². The van der Waals surface area contributed by atoms with Crippen molar-refractivity contribution in [3.05, 3.63) is 26.8 Å². The number of rotatable bonds is 1. The standard InChI is InChI=1S/C5H6BrN3O/c6-3-2-8-4(1-7)9-5(3)10/h2H,1,7H2,(H,8,9,10). The summed E-state index contributed by atoms with van der Waals surface area (Å²) in [5, 5.41) is 0. The van der Waals surface area contributed by atoms with E-state index in [0.29, 0.717) is 10.3 Å². The van der Waals surface area contributed by atoms with Crippen LogP contribution in [0.3, 0.4) is 0 Å². The molecular weight excluding hydrogens is 198 g/mol. The lowest BCUT2D eigenvalue weighted by atomic mass is 10.5. The van der Waals surface area contributed by atoms with Crippen LogP contribution in [-0.2, 0) is 6.54 Å². The molecule has 0 amide bonds. The Kier molecular flexibility index (Phi) is 2.18. The van der Waals surface area contributed by atoms with Crippen LogP contribution in [0, 0.1) is 0 Å². The summed E-state index contributed by atoms with van der Waals surface area (Å²) in [6.07, 6.45) is 1.43. The van der Waals surface area contributed by atoms with Gasteiger partial charge in [-0.1, -0.05) is 0 Å². The fourth-order valence-electron chi connectivity index (χ4n) is 0.520. The zero-order chi connectivity index (χ0) is 7.56. The second-order valence-corrected chi connectivity index (χ2v) is 2.57. The van der Waals surface area contributed by atoms with Crippen molar-refractivity contribution in [2.24, 2.45) is 5.73 Å². The van der Waals surface area contributed by atoms with Gasteiger partial charge < -0.3 is 10.7 Å². The molecule has 0 fully saturated rings. The molecule has 1 rings (SSSR count). The first-order chi connectivity index (χ1) is 4.74. The number of nitrogens with zero attached hydrogens (tertiary/aromatic N) is 1. The summed E-state index contributed by atoms with van der Waals surface area (Å²) in [5.41, 5.74) is 5.02. The topological polar surface area (TPSA) is 71.8 Å². The minimum absolute atomic E-state index is 0.199. The fourth-order valence-corrected chi connectivity index (χ4v) is 0.721. The van der Waals surface area contributed by atoms with Crippen molar-refractivity contribution < 1.29 is 0 Å². The molecule has 0 bridgehead atoms. The van der Waals surface area contributed by atoms with Crippen molar-refractivity contribution in [3.8, 4) is 0 Å². The van der Waals surface area contributed by atoms with Gasteiger partial charge in [-0.15, -0.1) is 0 Å². The maximum atomic E-state index is 10.8. The van der Waals surface area contributed by atoms with Crippen molar-refractivity contribution in [1.82, 2.24) is 9.97 Å². The molecule has 0 radical (unpaired) electrons. The van der Waals surface area contributed by atoms with Crippen molar-refractivity contribution >= 4 is 15.9 Å². The lowest BCUT2D eigenvalue weighted by Gasteiger charge is -1.93. The summed E-state index contributed by atoms with van der Waals surface area (Å²) in [7, 11) is 0. The number of aromatic nitrogens is 2. The van der Waals surface area contributed by atoms with Crippen molar-refractivity contribution in [3.63, 3.8) is 0 Å². The molecule has 1 aromatic heterocycles. The molecule has 0 aliphatic carbocycles. The Morgan fingerprint density at radius 2 is 2.50 bits per heavy atom. The highest BCUT2D eigenvalue weighted by Gasteiger charge is 1.95. The maximum Gasteiger partial charge on any atom is 0.265 e. The minimum Gasteiger partial charge on any atom is -0.324 e. The van der Waals surface area contributed by atoms with E-state index in [2.05, 4.69) is 25.9 Å². The molecule has 3 N–H and O–H groups in total. The number of halogens is 1. The molecule has 4 nitrogen and oxygen atoms in total. The number of nitrogens with one attached hydrogen (secondary N) is 1. The van der Waals surface area contributed by atoms with Gasteiger partial charge in [-0.25, -0.2) is 4.98 Å². The quantitative estimate of drug-likeness (QED) is 0.675. The monoisotopic (exact) mass is 203 g/mol. The molecule has 0 saturated carbocycles. The first-order valence-corrected chi connectivity index (χ1v) is 3.47. The molecule has 0 saturated heterocycles. The van der Waals surface area contributed by atoms with E-state index in [4.69, 9.17) is 5.73 Å². The molecule has 0 atom stereocenters. The Morgan fingerprint density at radius 1 is 1.80 bits per heavy atom. The molecule has 0 aliphatic heterocycles. The maximum absolute atomic E-state index is 10.8. The van der Waals surface area contributed by atoms with E-state index in [9.17, 15) is 4.79 Å². The molecule has 1 aromatic rings. The zero-order valence-electron chi connectivity index (χ0n) is 5.10. The summed E-state index contributed by atoms with van der Waals surface area (Å²) in [5.74, 6) is 0.494. The molecule has 0 aromatic carbocycles. The van der Waals surface area contributed by atoms with E-state index in [1.54, 1.807) is 0 Å². The SMILES string of the molecule is NCc1ncc(Br)c(=O)[nH]1. The number of nitrogens with two attached hydrogens (primary N) is 1. The summed E-state index contributed by atoms with van der Waals surface area (Å²) >= 11 is 3.01. The molecule has 0 unspecified atom stereocenters. The van der Waals surface area contributed by atoms with Gasteiger partial charge in [0, 0.05) is 6.20 Å². The number of hydrogen-bond donors (Lipinski definition) is 2. The second-order valence-electron chi connectivity index (χ2n) is 1.71. The van der Waals surface area contributed by atoms with Crippen LogP contribution < -0.4 is 11.3 Å². The fraction of sp³-hybridized carbons (Fsp3) is 0.200. The van der Waals surface area contributed by atoms with Gasteiger partial charge in [-0.05, 0) is 15.9 Å². The van der Waals surface area contributed by atoms with E-state index in [0.717, 1.165) is 0 Å². The van der Waals surface area contributed by atoms with Gasteiger partial charge in [-0.3, -0.25) is 4.79 Å². The third kappa shape index (κ3) is 1.43. The van der Waals surface area contributed by atoms with Crippen LogP contribution in [0.2, 0.25) is 0 Å². The number of aromatic amines is 1. The van der Waals surface area contributed by atoms with Crippen molar-refractivity contribution in [1.29, 1.82) is 0 Å². The predicted octanol–water partition coefficient (Wildman–Crippen LogP) is -0.00890. The van der Waals surface area contributed by atoms with Gasteiger partial charge in [0.1, 0.15) is 10.3 Å². The van der Waals surface area contributed by atoms with Gasteiger partial charge in [0.15, 0.2) is 0 Å². The summed E-state index contributed by atoms with van der Waals surface area (Å²) in [6, 6.07) is 0. The molecule has 10 heavy (non-hydrogen) atoms. The van der Waals surface area contributed by atoms with E-state index in [1.807, 2.05) is 0 Å². The van der Waals surface area contributed by atoms with Crippen LogP contribution >= 0.6 is 15.9 Å². The average molecular weight is 204 g/mol. The Hall–Kier alpha value is -0.680. The van der Waals surface area contributed by atoms with Gasteiger partial charge in [0.05, 0.1) is 6.54 Å². The van der Waals surface area contributed by atoms with Crippen LogP contribution in [0.25, 0.3) is 0 Å². The second kappa shape index (κ2) is 2.94. The highest BCUT2D eigenvalue weighted by Crippen LogP contribution is 1.97. The van der Waals surface area contributed by atoms with E-state index < -0.39 is 0 Å². The molecule has 0 spiro atoms. The predicted molar refractivity (Wildman–Crippen MR) is 40.4 cm³/mol. The van der Waals surface area contributed by atoms with Crippen molar-refractivity contribution in [2.75, 3.05) is 0 Å². The number of H-pyrrole nitrogens is 1. The Labute approximate surface area is 65.6 Å². The van der Waals surface area contributed by atoms with Gasteiger partial charge >= 0.3 is 0 Å². The first-order valence-electron chi connectivity index (χ1n) is 2.68. The van der Waals surface area contributed by atoms with Crippen molar-refractivity contribution in [2.45, 2.75) is 6.54 Å². The third-order valence-electron chi connectivity index (χ3n) is 1.00. The van der Waals surface area contributed by atoms with Crippen LogP contribution in [-0.4, -0.2) is 9.97 Å².